The van der Waals surface area contributed by atoms with Crippen molar-refractivity contribution in [3.63, 3.8) is 0 Å². The molecule has 2 aromatic heterocycles. The minimum atomic E-state index is -0.555. The lowest BCUT2D eigenvalue weighted by Crippen LogP contribution is -2.46. The monoisotopic (exact) mass is 593 g/mol. The normalized spacial score (nSPS) is 14.2. The molecule has 1 fully saturated rings. The van der Waals surface area contributed by atoms with Crippen molar-refractivity contribution in [3.8, 4) is 11.7 Å². The quantitative estimate of drug-likeness (QED) is 0.220. The topological polar surface area (TPSA) is 71.3 Å². The Balaban J connectivity index is 1.24. The van der Waals surface area contributed by atoms with E-state index in [1.54, 1.807) is 17.9 Å². The number of benzene rings is 2. The number of nitrogens with one attached hydrogen (secondary N) is 1. The highest BCUT2D eigenvalue weighted by molar-refractivity contribution is 6.29. The highest BCUT2D eigenvalue weighted by Crippen LogP contribution is 2.25. The molecule has 220 valence electrons. The molecule has 1 aliphatic rings. The second-order valence-electron chi connectivity index (χ2n) is 10.4. The summed E-state index contributed by atoms with van der Waals surface area (Å²) in [6.45, 7) is 8.51. The van der Waals surface area contributed by atoms with Crippen molar-refractivity contribution < 1.29 is 13.5 Å². The van der Waals surface area contributed by atoms with E-state index in [-0.39, 0.29) is 5.92 Å². The lowest BCUT2D eigenvalue weighted by atomic mass is 10.1. The Morgan fingerprint density at radius 1 is 1.00 bits per heavy atom. The first-order valence-electron chi connectivity index (χ1n) is 13.9. The fourth-order valence-corrected chi connectivity index (χ4v) is 5.18. The highest BCUT2D eigenvalue weighted by Gasteiger charge is 2.19. The molecule has 1 N–H and O–H groups in total. The molecule has 4 aromatic rings. The molecule has 0 aliphatic carbocycles. The molecule has 2 aromatic carbocycles. The molecule has 11 heteroatoms. The molecule has 0 unspecified atom stereocenters. The molecule has 1 aliphatic heterocycles. The molecule has 0 saturated carbocycles. The summed E-state index contributed by atoms with van der Waals surface area (Å²) >= 11 is 6.39. The summed E-state index contributed by atoms with van der Waals surface area (Å²) in [6.07, 6.45) is 6.00. The van der Waals surface area contributed by atoms with Crippen molar-refractivity contribution in [3.05, 3.63) is 94.4 Å². The summed E-state index contributed by atoms with van der Waals surface area (Å²) in [6, 6.07) is 13.2. The summed E-state index contributed by atoms with van der Waals surface area (Å²) in [5.74, 6) is 0.844. The molecule has 0 bridgehead atoms. The molecule has 0 amide bonds. The van der Waals surface area contributed by atoms with Gasteiger partial charge in [0.25, 0.3) is 5.95 Å². The average molecular weight is 594 g/mol. The number of anilines is 2. The average Bonchev–Trinajstić information content (AvgIpc) is 3.40. The molecule has 3 heterocycles. The van der Waals surface area contributed by atoms with Crippen molar-refractivity contribution in [1.29, 1.82) is 0 Å². The van der Waals surface area contributed by atoms with Gasteiger partial charge in [-0.15, -0.1) is 0 Å². The minimum absolute atomic E-state index is 0.153. The van der Waals surface area contributed by atoms with E-state index in [1.807, 2.05) is 35.4 Å². The Kier molecular flexibility index (Phi) is 9.34. The van der Waals surface area contributed by atoms with E-state index < -0.39 is 11.6 Å². The first-order valence-corrected chi connectivity index (χ1v) is 14.3. The van der Waals surface area contributed by atoms with Gasteiger partial charge in [-0.1, -0.05) is 49.7 Å². The van der Waals surface area contributed by atoms with Crippen LogP contribution in [0.4, 0.5) is 20.3 Å². The maximum absolute atomic E-state index is 13.6. The van der Waals surface area contributed by atoms with E-state index in [9.17, 15) is 8.78 Å². The lowest BCUT2D eigenvalue weighted by molar-refractivity contribution is 0.284. The van der Waals surface area contributed by atoms with E-state index >= 15 is 0 Å². The molecule has 0 spiro atoms. The van der Waals surface area contributed by atoms with E-state index in [1.165, 1.54) is 12.1 Å². The van der Waals surface area contributed by atoms with Crippen LogP contribution in [0.15, 0.2) is 60.8 Å². The summed E-state index contributed by atoms with van der Waals surface area (Å²) in [4.78, 5) is 13.5. The third kappa shape index (κ3) is 7.24. The van der Waals surface area contributed by atoms with Crippen molar-refractivity contribution in [2.24, 2.45) is 0 Å². The summed E-state index contributed by atoms with van der Waals surface area (Å²) in [7, 11) is 1.64. The van der Waals surface area contributed by atoms with E-state index in [0.717, 1.165) is 48.3 Å². The highest BCUT2D eigenvalue weighted by atomic mass is 35.5. The molecule has 42 heavy (non-hydrogen) atoms. The van der Waals surface area contributed by atoms with Crippen LogP contribution in [-0.4, -0.2) is 64.5 Å². The smallest absolute Gasteiger partial charge is 0.254 e. The van der Waals surface area contributed by atoms with Gasteiger partial charge in [-0.05, 0) is 35.7 Å². The molecular weight excluding hydrogens is 560 g/mol. The largest absolute Gasteiger partial charge is 0.497 e. The van der Waals surface area contributed by atoms with Crippen LogP contribution >= 0.6 is 11.6 Å². The number of hydrogen-bond acceptors (Lipinski definition) is 7. The fraction of sp³-hybridized carbons (Fsp3) is 0.323. The molecular formula is C31H34ClF2N7O. The number of hydrogen-bond donors (Lipinski definition) is 1. The molecule has 5 rings (SSSR count). The second kappa shape index (κ2) is 13.3. The van der Waals surface area contributed by atoms with Gasteiger partial charge in [-0.2, -0.15) is 15.1 Å². The van der Waals surface area contributed by atoms with Crippen LogP contribution in [0.5, 0.6) is 5.75 Å². The van der Waals surface area contributed by atoms with Gasteiger partial charge >= 0.3 is 0 Å². The maximum atomic E-state index is 13.6. The lowest BCUT2D eigenvalue weighted by Gasteiger charge is -2.35. The first kappa shape index (κ1) is 29.5. The third-order valence-corrected chi connectivity index (χ3v) is 7.33. The Hall–Kier alpha value is -4.02. The molecule has 0 atom stereocenters. The zero-order valence-electron chi connectivity index (χ0n) is 23.9. The molecule has 1 saturated heterocycles. The Morgan fingerprint density at radius 2 is 1.71 bits per heavy atom. The van der Waals surface area contributed by atoms with Gasteiger partial charge in [0, 0.05) is 62.7 Å². The number of aromatic nitrogens is 4. The second-order valence-corrected chi connectivity index (χ2v) is 10.8. The van der Waals surface area contributed by atoms with Gasteiger partial charge in [-0.3, -0.25) is 4.90 Å². The van der Waals surface area contributed by atoms with Crippen molar-refractivity contribution in [2.45, 2.75) is 26.3 Å². The standard InChI is InChI=1S/C31H34ClF2N7O/c1-21(2)30-23(5-4-10-39-11-13-40(14-12-39)26-16-24(33)15-25(34)17-26)20-36-41(30)31-37-28(32)18-29(38-31)35-19-22-6-8-27(42-3)9-7-22/h4-9,15-18,20-21H,10-14,19H2,1-3H3,(H,35,37,38). The summed E-state index contributed by atoms with van der Waals surface area (Å²) < 4.78 is 34.2. The number of halogens is 3. The maximum Gasteiger partial charge on any atom is 0.254 e. The van der Waals surface area contributed by atoms with Crippen LogP contribution in [0.2, 0.25) is 5.15 Å². The van der Waals surface area contributed by atoms with Gasteiger partial charge in [0.05, 0.1) is 19.0 Å². The van der Waals surface area contributed by atoms with Gasteiger partial charge in [-0.25, -0.2) is 13.5 Å². The summed E-state index contributed by atoms with van der Waals surface area (Å²) in [5.41, 5.74) is 3.62. The summed E-state index contributed by atoms with van der Waals surface area (Å²) in [5, 5.41) is 8.25. The molecule has 8 nitrogen and oxygen atoms in total. The first-order chi connectivity index (χ1) is 20.3. The van der Waals surface area contributed by atoms with E-state index in [2.05, 4.69) is 46.3 Å². The Labute approximate surface area is 249 Å². The van der Waals surface area contributed by atoms with Crippen molar-refractivity contribution >= 4 is 29.2 Å². The predicted molar refractivity (Wildman–Crippen MR) is 163 cm³/mol. The van der Waals surface area contributed by atoms with Crippen LogP contribution in [0.25, 0.3) is 12.0 Å². The predicted octanol–water partition coefficient (Wildman–Crippen LogP) is 6.17. The van der Waals surface area contributed by atoms with Crippen LogP contribution in [-0.2, 0) is 6.54 Å². The van der Waals surface area contributed by atoms with Gasteiger partial charge in [0.1, 0.15) is 28.4 Å². The Bertz CT molecular complexity index is 1510. The van der Waals surface area contributed by atoms with Gasteiger partial charge in [0.15, 0.2) is 0 Å². The Morgan fingerprint density at radius 3 is 2.38 bits per heavy atom. The zero-order chi connectivity index (χ0) is 29.6. The van der Waals surface area contributed by atoms with Crippen LogP contribution in [0.3, 0.4) is 0 Å². The minimum Gasteiger partial charge on any atom is -0.497 e. The number of ether oxygens (including phenoxy) is 1. The van der Waals surface area contributed by atoms with Crippen LogP contribution < -0.4 is 15.0 Å². The van der Waals surface area contributed by atoms with E-state index in [0.29, 0.717) is 42.2 Å². The number of rotatable bonds is 10. The van der Waals surface area contributed by atoms with Crippen molar-refractivity contribution in [1.82, 2.24) is 24.6 Å². The SMILES string of the molecule is COc1ccc(CNc2cc(Cl)nc(-n3ncc(C=CCN4CCN(c5cc(F)cc(F)c5)CC4)c3C(C)C)n2)cc1. The number of nitrogens with zero attached hydrogens (tertiary/aromatic N) is 6. The van der Waals surface area contributed by atoms with Crippen molar-refractivity contribution in [2.75, 3.05) is 50.1 Å². The van der Waals surface area contributed by atoms with Gasteiger partial charge < -0.3 is 15.0 Å². The van der Waals surface area contributed by atoms with Crippen LogP contribution in [0.1, 0.15) is 36.6 Å². The van der Waals surface area contributed by atoms with Gasteiger partial charge in [0.2, 0.25) is 0 Å². The van der Waals surface area contributed by atoms with E-state index in [4.69, 9.17) is 21.3 Å². The number of methoxy groups -OCH3 is 1. The number of piperazine rings is 1. The third-order valence-electron chi connectivity index (χ3n) is 7.13. The van der Waals surface area contributed by atoms with Crippen LogP contribution in [0, 0.1) is 11.6 Å². The fourth-order valence-electron chi connectivity index (χ4n) is 5.00. The zero-order valence-corrected chi connectivity index (χ0v) is 24.7. The molecule has 0 radical (unpaired) electrons.